The summed E-state index contributed by atoms with van der Waals surface area (Å²) in [6, 6.07) is 21.2. The maximum atomic E-state index is 6.44. The average molecular weight is 317 g/mol. The minimum Gasteiger partial charge on any atom is -0.378 e. The zero-order valence-electron chi connectivity index (χ0n) is 14.2. The predicted molar refractivity (Wildman–Crippen MR) is 99.1 cm³/mol. The van der Waals surface area contributed by atoms with Gasteiger partial charge in [0.25, 0.3) is 0 Å². The number of nitrogens with one attached hydrogen (secondary N) is 1. The summed E-state index contributed by atoms with van der Waals surface area (Å²) in [6.07, 6.45) is 5.51. The topological polar surface area (TPSA) is 21.3 Å². The highest BCUT2D eigenvalue weighted by atomic mass is 16.5. The van der Waals surface area contributed by atoms with Crippen molar-refractivity contribution in [1.82, 2.24) is 0 Å². The van der Waals surface area contributed by atoms with Crippen LogP contribution in [0.25, 0.3) is 0 Å². The first-order valence-electron chi connectivity index (χ1n) is 8.59. The standard InChI is InChI=1S/C22H23NO/c1-16-17(2)22(14-13-20(16)24-22)21(15-18-9-5-3-6-10-18)23-19-11-7-4-8-12-19/h3-14,20-21,23H,15H2,1-2H3/t20?,21-,22?/m0/s1. The molecule has 2 aliphatic heterocycles. The molecule has 2 aliphatic rings. The Morgan fingerprint density at radius 3 is 2.29 bits per heavy atom. The van der Waals surface area contributed by atoms with Gasteiger partial charge in [0, 0.05) is 5.69 Å². The Kier molecular flexibility index (Phi) is 3.78. The fraction of sp³-hybridized carbons (Fsp3) is 0.273. The van der Waals surface area contributed by atoms with Gasteiger partial charge in [0.1, 0.15) is 5.60 Å². The SMILES string of the molecule is CC1=C(C)C2([C@H](Cc3ccccc3)Nc3ccccc3)C=CC1O2. The Balaban J connectivity index is 1.70. The van der Waals surface area contributed by atoms with E-state index in [9.17, 15) is 0 Å². The van der Waals surface area contributed by atoms with Crippen molar-refractivity contribution in [2.24, 2.45) is 0 Å². The van der Waals surface area contributed by atoms with Crippen LogP contribution >= 0.6 is 0 Å². The zero-order valence-corrected chi connectivity index (χ0v) is 14.2. The first-order valence-corrected chi connectivity index (χ1v) is 8.59. The summed E-state index contributed by atoms with van der Waals surface area (Å²) < 4.78 is 6.44. The fourth-order valence-corrected chi connectivity index (χ4v) is 3.84. The van der Waals surface area contributed by atoms with E-state index in [0.717, 1.165) is 12.1 Å². The number of benzene rings is 2. The zero-order chi connectivity index (χ0) is 16.6. The summed E-state index contributed by atoms with van der Waals surface area (Å²) in [5, 5.41) is 3.73. The first-order chi connectivity index (χ1) is 11.7. The molecule has 2 unspecified atom stereocenters. The van der Waals surface area contributed by atoms with Crippen molar-refractivity contribution in [3.05, 3.63) is 89.5 Å². The Bertz CT molecular complexity index is 737. The highest BCUT2D eigenvalue weighted by Crippen LogP contribution is 2.46. The molecule has 2 heterocycles. The van der Waals surface area contributed by atoms with Crippen LogP contribution in [0.15, 0.2) is 84.0 Å². The van der Waals surface area contributed by atoms with E-state index in [2.05, 4.69) is 85.9 Å². The molecule has 0 saturated carbocycles. The summed E-state index contributed by atoms with van der Waals surface area (Å²) in [5.41, 5.74) is 4.80. The van der Waals surface area contributed by atoms with E-state index in [1.54, 1.807) is 0 Å². The number of fused-ring (bicyclic) bond motifs is 2. The van der Waals surface area contributed by atoms with E-state index >= 15 is 0 Å². The van der Waals surface area contributed by atoms with Crippen LogP contribution in [0.3, 0.4) is 0 Å². The molecule has 3 atom stereocenters. The molecule has 0 aromatic heterocycles. The molecule has 0 saturated heterocycles. The van der Waals surface area contributed by atoms with Gasteiger partial charge in [0.15, 0.2) is 0 Å². The number of rotatable bonds is 5. The number of hydrogen-bond donors (Lipinski definition) is 1. The van der Waals surface area contributed by atoms with Crippen molar-refractivity contribution in [1.29, 1.82) is 0 Å². The molecule has 24 heavy (non-hydrogen) atoms. The molecule has 122 valence electrons. The lowest BCUT2D eigenvalue weighted by Crippen LogP contribution is -2.47. The summed E-state index contributed by atoms with van der Waals surface area (Å²) in [7, 11) is 0. The van der Waals surface area contributed by atoms with E-state index < -0.39 is 0 Å². The summed E-state index contributed by atoms with van der Waals surface area (Å²) >= 11 is 0. The summed E-state index contributed by atoms with van der Waals surface area (Å²) in [4.78, 5) is 0. The van der Waals surface area contributed by atoms with Crippen LogP contribution in [0.5, 0.6) is 0 Å². The van der Waals surface area contributed by atoms with Gasteiger partial charge in [-0.2, -0.15) is 0 Å². The quantitative estimate of drug-likeness (QED) is 0.803. The van der Waals surface area contributed by atoms with Gasteiger partial charge >= 0.3 is 0 Å². The second-order valence-corrected chi connectivity index (χ2v) is 6.75. The van der Waals surface area contributed by atoms with Crippen LogP contribution in [-0.2, 0) is 11.2 Å². The lowest BCUT2D eigenvalue weighted by Gasteiger charge is -2.36. The van der Waals surface area contributed by atoms with E-state index in [0.29, 0.717) is 0 Å². The third-order valence-electron chi connectivity index (χ3n) is 5.36. The van der Waals surface area contributed by atoms with Gasteiger partial charge in [-0.25, -0.2) is 0 Å². The molecular formula is C22H23NO. The van der Waals surface area contributed by atoms with Gasteiger partial charge in [-0.15, -0.1) is 0 Å². The Labute approximate surface area is 143 Å². The van der Waals surface area contributed by atoms with Gasteiger partial charge < -0.3 is 10.1 Å². The smallest absolute Gasteiger partial charge is 0.129 e. The Morgan fingerprint density at radius 1 is 1.00 bits per heavy atom. The van der Waals surface area contributed by atoms with Gasteiger partial charge in [-0.05, 0) is 55.2 Å². The molecule has 2 nitrogen and oxygen atoms in total. The minimum absolute atomic E-state index is 0.140. The lowest BCUT2D eigenvalue weighted by atomic mass is 9.80. The first kappa shape index (κ1) is 15.2. The van der Waals surface area contributed by atoms with Crippen LogP contribution < -0.4 is 5.32 Å². The third-order valence-corrected chi connectivity index (χ3v) is 5.36. The fourth-order valence-electron chi connectivity index (χ4n) is 3.84. The van der Waals surface area contributed by atoms with E-state index in [4.69, 9.17) is 4.74 Å². The Morgan fingerprint density at radius 2 is 1.67 bits per heavy atom. The van der Waals surface area contributed by atoms with Crippen LogP contribution in [0, 0.1) is 0 Å². The second-order valence-electron chi connectivity index (χ2n) is 6.75. The molecule has 1 N–H and O–H groups in total. The van der Waals surface area contributed by atoms with Gasteiger partial charge in [-0.1, -0.05) is 54.6 Å². The van der Waals surface area contributed by atoms with Crippen LogP contribution in [0.2, 0.25) is 0 Å². The molecule has 4 rings (SSSR count). The molecule has 2 aromatic carbocycles. The molecule has 0 aliphatic carbocycles. The Hall–Kier alpha value is -2.32. The van der Waals surface area contributed by atoms with Crippen LogP contribution in [0.4, 0.5) is 5.69 Å². The normalized spacial score (nSPS) is 26.0. The van der Waals surface area contributed by atoms with Crippen molar-refractivity contribution >= 4 is 5.69 Å². The largest absolute Gasteiger partial charge is 0.378 e. The van der Waals surface area contributed by atoms with Crippen molar-refractivity contribution < 1.29 is 4.74 Å². The maximum Gasteiger partial charge on any atom is 0.129 e. The van der Waals surface area contributed by atoms with Gasteiger partial charge in [0.05, 0.1) is 12.1 Å². The van der Waals surface area contributed by atoms with E-state index in [-0.39, 0.29) is 17.7 Å². The van der Waals surface area contributed by atoms with Crippen molar-refractivity contribution in [2.45, 2.75) is 38.0 Å². The van der Waals surface area contributed by atoms with Gasteiger partial charge in [0.2, 0.25) is 0 Å². The average Bonchev–Trinajstić information content (AvgIpc) is 3.16. The van der Waals surface area contributed by atoms with Gasteiger partial charge in [-0.3, -0.25) is 0 Å². The molecule has 2 bridgehead atoms. The summed E-state index contributed by atoms with van der Waals surface area (Å²) in [5.74, 6) is 0. The molecule has 0 fully saturated rings. The second kappa shape index (κ2) is 5.95. The minimum atomic E-state index is -0.347. The highest BCUT2D eigenvalue weighted by Gasteiger charge is 2.50. The van der Waals surface area contributed by atoms with Crippen LogP contribution in [-0.4, -0.2) is 17.7 Å². The molecule has 0 spiro atoms. The molecular weight excluding hydrogens is 294 g/mol. The number of anilines is 1. The predicted octanol–water partition coefficient (Wildman–Crippen LogP) is 4.75. The molecule has 2 aromatic rings. The van der Waals surface area contributed by atoms with Crippen LogP contribution in [0.1, 0.15) is 19.4 Å². The van der Waals surface area contributed by atoms with Crippen molar-refractivity contribution in [3.63, 3.8) is 0 Å². The molecule has 2 heteroatoms. The van der Waals surface area contributed by atoms with E-state index in [1.807, 2.05) is 6.07 Å². The number of hydrogen-bond acceptors (Lipinski definition) is 2. The molecule has 0 amide bonds. The summed E-state index contributed by atoms with van der Waals surface area (Å²) in [6.45, 7) is 4.40. The third kappa shape index (κ3) is 2.47. The van der Waals surface area contributed by atoms with E-state index in [1.165, 1.54) is 16.7 Å². The molecule has 0 radical (unpaired) electrons. The van der Waals surface area contributed by atoms with Crippen molar-refractivity contribution in [2.75, 3.05) is 5.32 Å². The number of ether oxygens (including phenoxy) is 1. The highest BCUT2D eigenvalue weighted by molar-refractivity contribution is 5.51. The number of para-hydroxylation sites is 1. The van der Waals surface area contributed by atoms with Crippen molar-refractivity contribution in [3.8, 4) is 0 Å². The maximum absolute atomic E-state index is 6.44. The lowest BCUT2D eigenvalue weighted by molar-refractivity contribution is 0.0278. The monoisotopic (exact) mass is 317 g/mol.